The molecule has 3 nitrogen and oxygen atoms in total. The van der Waals surface area contributed by atoms with Gasteiger partial charge >= 0.3 is 0 Å². The molecule has 2 saturated carbocycles. The number of hydrogen-bond donors (Lipinski definition) is 1. The molecule has 0 spiro atoms. The maximum absolute atomic E-state index is 14.4. The van der Waals surface area contributed by atoms with E-state index in [2.05, 4.69) is 39.4 Å². The number of rotatable bonds is 2. The maximum atomic E-state index is 14.4. The standard InChI is InChI=1S/C22H32FN3/c23-19-7-3-6-18-17(19)5-4-10-21(18)25-13-11-16(12-14-25)26-15-24-20-8-1-2-9-22(20)26/h1-2,8-9,16-19,21,24H,3-7,10-15H2. The van der Waals surface area contributed by atoms with Gasteiger partial charge in [0.05, 0.1) is 18.0 Å². The summed E-state index contributed by atoms with van der Waals surface area (Å²) >= 11 is 0. The molecule has 2 aliphatic carbocycles. The van der Waals surface area contributed by atoms with Crippen LogP contribution in [0.1, 0.15) is 51.4 Å². The minimum absolute atomic E-state index is 0.356. The molecule has 0 aromatic heterocycles. The second kappa shape index (κ2) is 7.03. The quantitative estimate of drug-likeness (QED) is 0.831. The van der Waals surface area contributed by atoms with E-state index in [1.165, 1.54) is 56.6 Å². The zero-order valence-electron chi connectivity index (χ0n) is 15.7. The Kier molecular flexibility index (Phi) is 4.56. The van der Waals surface area contributed by atoms with Gasteiger partial charge in [0.15, 0.2) is 0 Å². The molecule has 1 saturated heterocycles. The molecule has 1 N–H and O–H groups in total. The molecule has 142 valence electrons. The Balaban J connectivity index is 1.23. The highest BCUT2D eigenvalue weighted by atomic mass is 19.1. The summed E-state index contributed by atoms with van der Waals surface area (Å²) in [6, 6.07) is 9.98. The zero-order valence-corrected chi connectivity index (χ0v) is 15.7. The van der Waals surface area contributed by atoms with Gasteiger partial charge in [-0.15, -0.1) is 0 Å². The van der Waals surface area contributed by atoms with Crippen molar-refractivity contribution in [3.63, 3.8) is 0 Å². The smallest absolute Gasteiger partial charge is 0.103 e. The van der Waals surface area contributed by atoms with E-state index in [0.717, 1.165) is 25.9 Å². The highest BCUT2D eigenvalue weighted by Crippen LogP contribution is 2.44. The summed E-state index contributed by atoms with van der Waals surface area (Å²) < 4.78 is 14.4. The van der Waals surface area contributed by atoms with Crippen molar-refractivity contribution >= 4 is 11.4 Å². The average Bonchev–Trinajstić information content (AvgIpc) is 3.12. The number of benzene rings is 1. The largest absolute Gasteiger partial charge is 0.366 e. The van der Waals surface area contributed by atoms with Crippen molar-refractivity contribution in [3.8, 4) is 0 Å². The summed E-state index contributed by atoms with van der Waals surface area (Å²) in [4.78, 5) is 5.30. The summed E-state index contributed by atoms with van der Waals surface area (Å²) in [6.07, 6.45) is 8.80. The summed E-state index contributed by atoms with van der Waals surface area (Å²) in [5.74, 6) is 0.980. The lowest BCUT2D eigenvalue weighted by atomic mass is 9.67. The van der Waals surface area contributed by atoms with Gasteiger partial charge in [-0.2, -0.15) is 0 Å². The predicted molar refractivity (Wildman–Crippen MR) is 105 cm³/mol. The first kappa shape index (κ1) is 16.9. The number of hydrogen-bond acceptors (Lipinski definition) is 3. The van der Waals surface area contributed by atoms with E-state index in [9.17, 15) is 4.39 Å². The van der Waals surface area contributed by atoms with Crippen molar-refractivity contribution in [1.82, 2.24) is 4.90 Å². The van der Waals surface area contributed by atoms with Gasteiger partial charge in [-0.1, -0.05) is 25.0 Å². The number of fused-ring (bicyclic) bond motifs is 2. The third kappa shape index (κ3) is 2.90. The van der Waals surface area contributed by atoms with Gasteiger partial charge in [-0.25, -0.2) is 4.39 Å². The summed E-state index contributed by atoms with van der Waals surface area (Å²) in [7, 11) is 0. The van der Waals surface area contributed by atoms with Crippen LogP contribution >= 0.6 is 0 Å². The van der Waals surface area contributed by atoms with Crippen LogP contribution in [0.5, 0.6) is 0 Å². The van der Waals surface area contributed by atoms with Gasteiger partial charge in [-0.3, -0.25) is 4.90 Å². The number of halogens is 1. The van der Waals surface area contributed by atoms with Crippen LogP contribution in [0.4, 0.5) is 15.8 Å². The second-order valence-electron chi connectivity index (χ2n) is 8.86. The summed E-state index contributed by atoms with van der Waals surface area (Å²) in [6.45, 7) is 3.32. The van der Waals surface area contributed by atoms with Crippen molar-refractivity contribution in [2.75, 3.05) is 30.0 Å². The van der Waals surface area contributed by atoms with Crippen LogP contribution in [0.3, 0.4) is 0 Å². The molecular formula is C22H32FN3. The maximum Gasteiger partial charge on any atom is 0.103 e. The van der Waals surface area contributed by atoms with Crippen molar-refractivity contribution in [2.24, 2.45) is 11.8 Å². The first-order valence-corrected chi connectivity index (χ1v) is 10.8. The van der Waals surface area contributed by atoms with E-state index >= 15 is 0 Å². The van der Waals surface area contributed by atoms with Crippen LogP contribution in [0.2, 0.25) is 0 Å². The minimum atomic E-state index is -0.527. The number of nitrogens with zero attached hydrogens (tertiary/aromatic N) is 2. The summed E-state index contributed by atoms with van der Waals surface area (Å²) in [5, 5.41) is 3.53. The Morgan fingerprint density at radius 1 is 0.885 bits per heavy atom. The molecule has 4 aliphatic rings. The van der Waals surface area contributed by atoms with Gasteiger partial charge < -0.3 is 10.2 Å². The lowest BCUT2D eigenvalue weighted by Crippen LogP contribution is -2.53. The van der Waals surface area contributed by atoms with Crippen LogP contribution in [0.15, 0.2) is 24.3 Å². The Labute approximate surface area is 156 Å². The van der Waals surface area contributed by atoms with Crippen molar-refractivity contribution < 1.29 is 4.39 Å². The topological polar surface area (TPSA) is 18.5 Å². The van der Waals surface area contributed by atoms with E-state index in [4.69, 9.17) is 0 Å². The predicted octanol–water partition coefficient (Wildman–Crippen LogP) is 4.65. The second-order valence-corrected chi connectivity index (χ2v) is 8.86. The zero-order chi connectivity index (χ0) is 17.5. The van der Waals surface area contributed by atoms with Crippen LogP contribution in [0.25, 0.3) is 0 Å². The molecule has 3 fully saturated rings. The third-order valence-electron chi connectivity index (χ3n) is 7.63. The molecule has 4 heteroatoms. The fourth-order valence-corrected chi connectivity index (χ4v) is 6.33. The molecule has 4 unspecified atom stereocenters. The Hall–Kier alpha value is -1.29. The number of alkyl halides is 1. The summed E-state index contributed by atoms with van der Waals surface area (Å²) in [5.41, 5.74) is 2.65. The van der Waals surface area contributed by atoms with Gasteiger partial charge in [0.2, 0.25) is 0 Å². The average molecular weight is 358 g/mol. The molecule has 1 aromatic rings. The highest BCUT2D eigenvalue weighted by Gasteiger charge is 2.43. The lowest BCUT2D eigenvalue weighted by Gasteiger charge is -2.49. The van der Waals surface area contributed by atoms with Crippen molar-refractivity contribution in [1.29, 1.82) is 0 Å². The minimum Gasteiger partial charge on any atom is -0.366 e. The molecule has 2 heterocycles. The Morgan fingerprint density at radius 2 is 1.65 bits per heavy atom. The van der Waals surface area contributed by atoms with Crippen LogP contribution in [0, 0.1) is 11.8 Å². The van der Waals surface area contributed by atoms with Crippen molar-refractivity contribution in [2.45, 2.75) is 69.6 Å². The van der Waals surface area contributed by atoms with E-state index in [-0.39, 0.29) is 0 Å². The van der Waals surface area contributed by atoms with Crippen LogP contribution in [-0.2, 0) is 0 Å². The molecule has 26 heavy (non-hydrogen) atoms. The van der Waals surface area contributed by atoms with Gasteiger partial charge in [0, 0.05) is 25.2 Å². The lowest BCUT2D eigenvalue weighted by molar-refractivity contribution is -0.00897. The first-order valence-electron chi connectivity index (χ1n) is 10.8. The van der Waals surface area contributed by atoms with E-state index in [1.807, 2.05) is 0 Å². The molecule has 0 radical (unpaired) electrons. The molecule has 2 aliphatic heterocycles. The highest BCUT2D eigenvalue weighted by molar-refractivity contribution is 5.74. The van der Waals surface area contributed by atoms with Gasteiger partial charge in [0.25, 0.3) is 0 Å². The van der Waals surface area contributed by atoms with Gasteiger partial charge in [0.1, 0.15) is 6.17 Å². The number of nitrogens with one attached hydrogen (secondary N) is 1. The SMILES string of the molecule is FC1CCCC2C1CCCC2N1CCC(N2CNc3ccccc32)CC1. The Bertz CT molecular complexity index is 628. The molecular weight excluding hydrogens is 325 g/mol. The van der Waals surface area contributed by atoms with E-state index in [1.54, 1.807) is 0 Å². The molecule has 1 aromatic carbocycles. The monoisotopic (exact) mass is 357 g/mol. The normalized spacial score (nSPS) is 35.7. The fourth-order valence-electron chi connectivity index (χ4n) is 6.33. The number of piperidine rings is 1. The molecule has 0 amide bonds. The third-order valence-corrected chi connectivity index (χ3v) is 7.63. The van der Waals surface area contributed by atoms with E-state index in [0.29, 0.717) is 23.9 Å². The molecule has 4 atom stereocenters. The van der Waals surface area contributed by atoms with Crippen molar-refractivity contribution in [3.05, 3.63) is 24.3 Å². The number of likely N-dealkylation sites (tertiary alicyclic amines) is 1. The van der Waals surface area contributed by atoms with Crippen LogP contribution in [-0.4, -0.2) is 42.9 Å². The number of anilines is 2. The fraction of sp³-hybridized carbons (Fsp3) is 0.727. The van der Waals surface area contributed by atoms with E-state index < -0.39 is 6.17 Å². The van der Waals surface area contributed by atoms with Gasteiger partial charge in [-0.05, 0) is 62.5 Å². The molecule has 5 rings (SSSR count). The Morgan fingerprint density at radius 3 is 2.54 bits per heavy atom. The molecule has 0 bridgehead atoms. The number of para-hydroxylation sites is 2. The first-order chi connectivity index (χ1) is 12.8. The van der Waals surface area contributed by atoms with Crippen LogP contribution < -0.4 is 10.2 Å².